The third-order valence-electron chi connectivity index (χ3n) is 3.71. The van der Waals surface area contributed by atoms with E-state index in [0.717, 1.165) is 5.56 Å². The van der Waals surface area contributed by atoms with Crippen LogP contribution in [-0.2, 0) is 11.3 Å². The van der Waals surface area contributed by atoms with Crippen LogP contribution in [0.2, 0.25) is 0 Å². The van der Waals surface area contributed by atoms with E-state index in [1.54, 1.807) is 24.1 Å². The third kappa shape index (κ3) is 3.56. The molecule has 20 heavy (non-hydrogen) atoms. The van der Waals surface area contributed by atoms with Crippen LogP contribution < -0.4 is 5.73 Å². The van der Waals surface area contributed by atoms with Crippen LogP contribution in [0.5, 0.6) is 0 Å². The molecule has 0 aromatic heterocycles. The molecular formula is C15H22N2O3. The summed E-state index contributed by atoms with van der Waals surface area (Å²) in [7, 11) is 1.71. The van der Waals surface area contributed by atoms with E-state index >= 15 is 0 Å². The molecule has 3 N–H and O–H groups in total. The zero-order chi connectivity index (χ0) is 14.6. The molecule has 0 spiro atoms. The molecule has 0 saturated carbocycles. The van der Waals surface area contributed by atoms with Gasteiger partial charge in [0.2, 0.25) is 0 Å². The molecule has 0 unspecified atom stereocenters. The van der Waals surface area contributed by atoms with Crippen molar-refractivity contribution in [1.29, 1.82) is 0 Å². The minimum atomic E-state index is -0.839. The number of ether oxygens (including phenoxy) is 1. The van der Waals surface area contributed by atoms with E-state index in [0.29, 0.717) is 44.7 Å². The van der Waals surface area contributed by atoms with Crippen molar-refractivity contribution in [2.24, 2.45) is 5.73 Å². The van der Waals surface area contributed by atoms with Gasteiger partial charge in [-0.2, -0.15) is 0 Å². The fourth-order valence-corrected chi connectivity index (χ4v) is 2.47. The summed E-state index contributed by atoms with van der Waals surface area (Å²) in [5.74, 6) is -0.0970. The van der Waals surface area contributed by atoms with Gasteiger partial charge in [-0.3, -0.25) is 4.79 Å². The summed E-state index contributed by atoms with van der Waals surface area (Å²) in [4.78, 5) is 13.9. The Balaban J connectivity index is 2.04. The molecule has 1 aliphatic rings. The van der Waals surface area contributed by atoms with Crippen LogP contribution in [-0.4, -0.2) is 48.3 Å². The first-order valence-electron chi connectivity index (χ1n) is 6.89. The summed E-state index contributed by atoms with van der Waals surface area (Å²) < 4.78 is 5.24. The molecule has 0 atom stereocenters. The van der Waals surface area contributed by atoms with E-state index in [1.807, 2.05) is 12.1 Å². The first kappa shape index (κ1) is 15.0. The fraction of sp³-hybridized carbons (Fsp3) is 0.533. The number of rotatable bonds is 4. The molecule has 1 aliphatic heterocycles. The number of nitrogens with two attached hydrogens (primary N) is 1. The Morgan fingerprint density at radius 3 is 2.80 bits per heavy atom. The monoisotopic (exact) mass is 278 g/mol. The maximum atomic E-state index is 12.4. The van der Waals surface area contributed by atoms with Gasteiger partial charge in [-0.25, -0.2) is 0 Å². The van der Waals surface area contributed by atoms with Crippen LogP contribution >= 0.6 is 0 Å². The molecule has 1 fully saturated rings. The molecule has 0 bridgehead atoms. The van der Waals surface area contributed by atoms with Gasteiger partial charge < -0.3 is 20.5 Å². The Kier molecular flexibility index (Phi) is 4.75. The van der Waals surface area contributed by atoms with E-state index in [2.05, 4.69) is 0 Å². The summed E-state index contributed by atoms with van der Waals surface area (Å²) in [5, 5.41) is 10.4. The predicted octanol–water partition coefficient (Wildman–Crippen LogP) is 0.759. The van der Waals surface area contributed by atoms with E-state index in [-0.39, 0.29) is 5.91 Å². The topological polar surface area (TPSA) is 75.8 Å². The Morgan fingerprint density at radius 2 is 2.15 bits per heavy atom. The highest BCUT2D eigenvalue weighted by Gasteiger charge is 2.32. The van der Waals surface area contributed by atoms with Crippen molar-refractivity contribution in [2.45, 2.75) is 25.0 Å². The molecule has 1 heterocycles. The first-order chi connectivity index (χ1) is 9.54. The number of hydrogen-bond acceptors (Lipinski definition) is 4. The summed E-state index contributed by atoms with van der Waals surface area (Å²) in [6.07, 6.45) is 1.13. The molecule has 2 rings (SSSR count). The zero-order valence-electron chi connectivity index (χ0n) is 11.8. The Hall–Kier alpha value is -1.43. The highest BCUT2D eigenvalue weighted by Crippen LogP contribution is 2.22. The van der Waals surface area contributed by atoms with Gasteiger partial charge in [-0.05, 0) is 17.7 Å². The molecule has 110 valence electrons. The van der Waals surface area contributed by atoms with Gasteiger partial charge in [0.05, 0.1) is 5.60 Å². The SMILES string of the molecule is CN(CC1(O)CCOCC1)C(=O)c1cccc(CN)c1. The lowest BCUT2D eigenvalue weighted by Gasteiger charge is -2.35. The van der Waals surface area contributed by atoms with Crippen LogP contribution in [0.1, 0.15) is 28.8 Å². The molecule has 1 saturated heterocycles. The molecule has 5 heteroatoms. The van der Waals surface area contributed by atoms with E-state index in [4.69, 9.17) is 10.5 Å². The zero-order valence-corrected chi connectivity index (χ0v) is 11.8. The van der Waals surface area contributed by atoms with Gasteiger partial charge >= 0.3 is 0 Å². The Bertz CT molecular complexity index is 470. The normalized spacial score (nSPS) is 17.8. The molecule has 0 radical (unpaired) electrons. The number of carbonyl (C=O) groups excluding carboxylic acids is 1. The highest BCUT2D eigenvalue weighted by molar-refractivity contribution is 5.94. The first-order valence-corrected chi connectivity index (χ1v) is 6.89. The standard InChI is InChI=1S/C15H22N2O3/c1-17(11-15(19)5-7-20-8-6-15)14(18)13-4-2-3-12(9-13)10-16/h2-4,9,19H,5-8,10-11,16H2,1H3. The van der Waals surface area contributed by atoms with E-state index in [1.165, 1.54) is 0 Å². The highest BCUT2D eigenvalue weighted by atomic mass is 16.5. The molecule has 1 amide bonds. The second-order valence-corrected chi connectivity index (χ2v) is 5.40. The van der Waals surface area contributed by atoms with Crippen molar-refractivity contribution in [2.75, 3.05) is 26.8 Å². The third-order valence-corrected chi connectivity index (χ3v) is 3.71. The van der Waals surface area contributed by atoms with Gasteiger partial charge in [0.15, 0.2) is 0 Å². The van der Waals surface area contributed by atoms with E-state index in [9.17, 15) is 9.90 Å². The molecule has 1 aromatic rings. The molecule has 1 aromatic carbocycles. The molecular weight excluding hydrogens is 256 g/mol. The number of aliphatic hydroxyl groups is 1. The van der Waals surface area contributed by atoms with E-state index < -0.39 is 5.60 Å². The number of benzene rings is 1. The average molecular weight is 278 g/mol. The quantitative estimate of drug-likeness (QED) is 0.852. The van der Waals surface area contributed by atoms with Crippen LogP contribution in [0.25, 0.3) is 0 Å². The maximum absolute atomic E-state index is 12.4. The Labute approximate surface area is 119 Å². The fourth-order valence-electron chi connectivity index (χ4n) is 2.47. The van der Waals surface area contributed by atoms with Crippen molar-refractivity contribution in [3.8, 4) is 0 Å². The van der Waals surface area contributed by atoms with Crippen LogP contribution in [0.3, 0.4) is 0 Å². The summed E-state index contributed by atoms with van der Waals surface area (Å²) in [6, 6.07) is 7.29. The lowest BCUT2D eigenvalue weighted by Crippen LogP contribution is -2.47. The molecule has 5 nitrogen and oxygen atoms in total. The average Bonchev–Trinajstić information content (AvgIpc) is 2.46. The van der Waals surface area contributed by atoms with Crippen molar-refractivity contribution in [3.63, 3.8) is 0 Å². The minimum Gasteiger partial charge on any atom is -0.388 e. The van der Waals surface area contributed by atoms with Crippen molar-refractivity contribution in [1.82, 2.24) is 4.90 Å². The summed E-state index contributed by atoms with van der Waals surface area (Å²) in [6.45, 7) is 1.82. The van der Waals surface area contributed by atoms with Crippen molar-refractivity contribution < 1.29 is 14.6 Å². The van der Waals surface area contributed by atoms with Gasteiger partial charge in [0.25, 0.3) is 5.91 Å². The number of nitrogens with zero attached hydrogens (tertiary/aromatic N) is 1. The molecule has 0 aliphatic carbocycles. The van der Waals surface area contributed by atoms with Crippen LogP contribution in [0.15, 0.2) is 24.3 Å². The van der Waals surface area contributed by atoms with Gasteiger partial charge in [-0.1, -0.05) is 12.1 Å². The lowest BCUT2D eigenvalue weighted by molar-refractivity contribution is -0.0734. The second-order valence-electron chi connectivity index (χ2n) is 5.40. The number of likely N-dealkylation sites (N-methyl/N-ethyl adjacent to an activating group) is 1. The number of amides is 1. The number of carbonyl (C=O) groups is 1. The van der Waals surface area contributed by atoms with Crippen LogP contribution in [0, 0.1) is 0 Å². The van der Waals surface area contributed by atoms with Crippen molar-refractivity contribution >= 4 is 5.91 Å². The van der Waals surface area contributed by atoms with Gasteiger partial charge in [0.1, 0.15) is 0 Å². The lowest BCUT2D eigenvalue weighted by atomic mass is 9.93. The Morgan fingerprint density at radius 1 is 1.45 bits per heavy atom. The maximum Gasteiger partial charge on any atom is 0.253 e. The minimum absolute atomic E-state index is 0.0970. The summed E-state index contributed by atoms with van der Waals surface area (Å²) >= 11 is 0. The number of hydrogen-bond donors (Lipinski definition) is 2. The van der Waals surface area contributed by atoms with Gasteiger partial charge in [-0.15, -0.1) is 0 Å². The van der Waals surface area contributed by atoms with Crippen molar-refractivity contribution in [3.05, 3.63) is 35.4 Å². The predicted molar refractivity (Wildman–Crippen MR) is 76.3 cm³/mol. The second kappa shape index (κ2) is 6.35. The summed E-state index contributed by atoms with van der Waals surface area (Å²) in [5.41, 5.74) is 6.28. The largest absolute Gasteiger partial charge is 0.388 e. The smallest absolute Gasteiger partial charge is 0.253 e. The van der Waals surface area contributed by atoms with Gasteiger partial charge in [0, 0.05) is 51.8 Å². The van der Waals surface area contributed by atoms with Crippen LogP contribution in [0.4, 0.5) is 0 Å².